The molecular weight excluding hydrogens is 560 g/mol. The summed E-state index contributed by atoms with van der Waals surface area (Å²) >= 11 is 12.2. The predicted octanol–water partition coefficient (Wildman–Crippen LogP) is 6.89. The van der Waals surface area contributed by atoms with Crippen LogP contribution in [-0.2, 0) is 16.0 Å². The van der Waals surface area contributed by atoms with Crippen LogP contribution in [0.3, 0.4) is 0 Å². The molecule has 1 atom stereocenters. The fourth-order valence-corrected chi connectivity index (χ4v) is 4.44. The number of ether oxygens (including phenoxy) is 1. The summed E-state index contributed by atoms with van der Waals surface area (Å²) < 4.78 is 31.0. The maximum Gasteiger partial charge on any atom is 0.295 e. The van der Waals surface area contributed by atoms with Gasteiger partial charge in [0, 0.05) is 22.6 Å². The van der Waals surface area contributed by atoms with Crippen LogP contribution in [0.4, 0.5) is 4.39 Å². The minimum atomic E-state index is -1.10. The van der Waals surface area contributed by atoms with Crippen molar-refractivity contribution >= 4 is 35.6 Å². The SMILES string of the molecule is Cc1ccc(-c2nc(-c3ccc(CC(NC(=O)c4ccc(-c5ccc(Cl)cc5Cl)o4)OC=O)cc3F)no2)cc1. The Hall–Kier alpha value is -4.47. The van der Waals surface area contributed by atoms with Gasteiger partial charge in [0.1, 0.15) is 11.6 Å². The Labute approximate surface area is 237 Å². The van der Waals surface area contributed by atoms with Gasteiger partial charge in [-0.1, -0.05) is 52.1 Å². The van der Waals surface area contributed by atoms with Crippen LogP contribution < -0.4 is 5.32 Å². The van der Waals surface area contributed by atoms with E-state index >= 15 is 4.39 Å². The molecular formula is C29H20Cl2FN3O5. The molecule has 5 aromatic rings. The van der Waals surface area contributed by atoms with Crippen molar-refractivity contribution in [1.82, 2.24) is 15.5 Å². The van der Waals surface area contributed by atoms with E-state index < -0.39 is 18.0 Å². The fraction of sp³-hybridized carbons (Fsp3) is 0.103. The molecule has 0 bridgehead atoms. The smallest absolute Gasteiger partial charge is 0.295 e. The normalized spacial score (nSPS) is 11.7. The van der Waals surface area contributed by atoms with Crippen molar-refractivity contribution in [2.24, 2.45) is 0 Å². The van der Waals surface area contributed by atoms with Gasteiger partial charge < -0.3 is 19.0 Å². The molecule has 1 N–H and O–H groups in total. The van der Waals surface area contributed by atoms with Gasteiger partial charge in [0.25, 0.3) is 18.3 Å². The number of aromatic nitrogens is 2. The first kappa shape index (κ1) is 27.1. The summed E-state index contributed by atoms with van der Waals surface area (Å²) in [6, 6.07) is 19.7. The number of nitrogens with one attached hydrogen (secondary N) is 1. The van der Waals surface area contributed by atoms with E-state index in [2.05, 4.69) is 15.5 Å². The third-order valence-electron chi connectivity index (χ3n) is 5.96. The Bertz CT molecular complexity index is 1680. The van der Waals surface area contributed by atoms with Crippen molar-refractivity contribution in [1.29, 1.82) is 0 Å². The van der Waals surface area contributed by atoms with Crippen molar-refractivity contribution in [3.05, 3.63) is 106 Å². The summed E-state index contributed by atoms with van der Waals surface area (Å²) in [7, 11) is 0. The van der Waals surface area contributed by atoms with E-state index in [9.17, 15) is 9.59 Å². The first-order valence-corrected chi connectivity index (χ1v) is 12.7. The number of halogens is 3. The highest BCUT2D eigenvalue weighted by molar-refractivity contribution is 6.36. The number of furan rings is 1. The number of aryl methyl sites for hydroxylation is 1. The molecule has 1 unspecified atom stereocenters. The zero-order valence-electron chi connectivity index (χ0n) is 20.9. The Morgan fingerprint density at radius 3 is 2.55 bits per heavy atom. The van der Waals surface area contributed by atoms with Crippen molar-refractivity contribution in [2.45, 2.75) is 19.6 Å². The molecule has 0 radical (unpaired) electrons. The third-order valence-corrected chi connectivity index (χ3v) is 6.51. The topological polar surface area (TPSA) is 107 Å². The van der Waals surface area contributed by atoms with Gasteiger partial charge in [0.15, 0.2) is 12.0 Å². The monoisotopic (exact) mass is 579 g/mol. The number of rotatable bonds is 9. The summed E-state index contributed by atoms with van der Waals surface area (Å²) in [5, 5.41) is 7.27. The number of nitrogens with zero attached hydrogens (tertiary/aromatic N) is 2. The molecule has 0 aliphatic rings. The van der Waals surface area contributed by atoms with Gasteiger partial charge in [-0.2, -0.15) is 4.98 Å². The Balaban J connectivity index is 1.28. The summed E-state index contributed by atoms with van der Waals surface area (Å²) in [4.78, 5) is 28.2. The molecule has 1 amide bonds. The predicted molar refractivity (Wildman–Crippen MR) is 146 cm³/mol. The number of benzene rings is 3. The van der Waals surface area contributed by atoms with Crippen molar-refractivity contribution in [2.75, 3.05) is 0 Å². The lowest BCUT2D eigenvalue weighted by molar-refractivity contribution is -0.134. The molecule has 0 saturated carbocycles. The molecule has 2 heterocycles. The molecule has 0 saturated heterocycles. The lowest BCUT2D eigenvalue weighted by atomic mass is 10.1. The van der Waals surface area contributed by atoms with Crippen LogP contribution in [0.5, 0.6) is 0 Å². The van der Waals surface area contributed by atoms with E-state index in [0.29, 0.717) is 32.5 Å². The quantitative estimate of drug-likeness (QED) is 0.149. The summed E-state index contributed by atoms with van der Waals surface area (Å²) in [6.45, 7) is 2.16. The first-order valence-electron chi connectivity index (χ1n) is 12.0. The van der Waals surface area contributed by atoms with E-state index in [1.54, 1.807) is 30.3 Å². The summed E-state index contributed by atoms with van der Waals surface area (Å²) in [6.07, 6.45) is -1.11. The van der Waals surface area contributed by atoms with E-state index in [4.69, 9.17) is 36.9 Å². The van der Waals surface area contributed by atoms with Crippen LogP contribution in [0, 0.1) is 12.7 Å². The minimum Gasteiger partial charge on any atom is -0.451 e. The Morgan fingerprint density at radius 1 is 1.05 bits per heavy atom. The number of carbonyl (C=O) groups is 2. The van der Waals surface area contributed by atoms with Crippen LogP contribution in [-0.4, -0.2) is 28.7 Å². The highest BCUT2D eigenvalue weighted by Crippen LogP contribution is 2.31. The number of amides is 1. The third kappa shape index (κ3) is 6.06. The van der Waals surface area contributed by atoms with Gasteiger partial charge in [-0.25, -0.2) is 4.39 Å². The Kier molecular flexibility index (Phi) is 7.95. The molecule has 5 rings (SSSR count). The fourth-order valence-electron chi connectivity index (χ4n) is 3.94. The maximum absolute atomic E-state index is 15.0. The van der Waals surface area contributed by atoms with E-state index in [1.165, 1.54) is 18.2 Å². The molecule has 0 fully saturated rings. The molecule has 11 heteroatoms. The molecule has 3 aromatic carbocycles. The second-order valence-corrected chi connectivity index (χ2v) is 9.63. The van der Waals surface area contributed by atoms with Crippen LogP contribution in [0.1, 0.15) is 21.7 Å². The second-order valence-electron chi connectivity index (χ2n) is 8.79. The summed E-state index contributed by atoms with van der Waals surface area (Å²) in [5.41, 5.74) is 2.92. The van der Waals surface area contributed by atoms with E-state index in [-0.39, 0.29) is 35.9 Å². The van der Waals surface area contributed by atoms with Gasteiger partial charge in [-0.15, -0.1) is 0 Å². The molecule has 202 valence electrons. The van der Waals surface area contributed by atoms with Gasteiger partial charge in [-0.05, 0) is 67.1 Å². The molecule has 0 spiro atoms. The van der Waals surface area contributed by atoms with Gasteiger partial charge in [0.05, 0.1) is 10.6 Å². The van der Waals surface area contributed by atoms with E-state index in [0.717, 1.165) is 5.56 Å². The lowest BCUT2D eigenvalue weighted by Crippen LogP contribution is -2.38. The van der Waals surface area contributed by atoms with Crippen LogP contribution in [0.25, 0.3) is 34.2 Å². The largest absolute Gasteiger partial charge is 0.451 e. The zero-order valence-corrected chi connectivity index (χ0v) is 22.4. The number of hydrogen-bond donors (Lipinski definition) is 1. The first-order chi connectivity index (χ1) is 19.3. The standard InChI is InChI=1S/C29H20Cl2FN3O5/c1-16-2-5-18(6-3-16)29-34-27(35-40-29)21-8-4-17(12-23(21)32)13-26(38-15-36)33-28(37)25-11-10-24(39-25)20-9-7-19(30)14-22(20)31/h2-12,14-15,26H,13H2,1H3,(H,33,37). The van der Waals surface area contributed by atoms with Crippen molar-refractivity contribution in [3.8, 4) is 34.2 Å². The van der Waals surface area contributed by atoms with Gasteiger partial charge >= 0.3 is 0 Å². The number of carbonyl (C=O) groups excluding carboxylic acids is 2. The second kappa shape index (κ2) is 11.7. The van der Waals surface area contributed by atoms with Gasteiger partial charge in [0.2, 0.25) is 5.82 Å². The highest BCUT2D eigenvalue weighted by atomic mass is 35.5. The van der Waals surface area contributed by atoms with Crippen molar-refractivity contribution < 1.29 is 27.7 Å². The average molecular weight is 580 g/mol. The van der Waals surface area contributed by atoms with Crippen LogP contribution >= 0.6 is 23.2 Å². The van der Waals surface area contributed by atoms with Crippen LogP contribution in [0.15, 0.2) is 81.7 Å². The number of hydrogen-bond acceptors (Lipinski definition) is 7. The zero-order chi connectivity index (χ0) is 28.2. The van der Waals surface area contributed by atoms with Crippen LogP contribution in [0.2, 0.25) is 10.0 Å². The van der Waals surface area contributed by atoms with E-state index in [1.807, 2.05) is 31.2 Å². The maximum atomic E-state index is 15.0. The molecule has 0 aliphatic heterocycles. The lowest BCUT2D eigenvalue weighted by Gasteiger charge is -2.16. The molecule has 2 aromatic heterocycles. The molecule has 8 nitrogen and oxygen atoms in total. The molecule has 40 heavy (non-hydrogen) atoms. The Morgan fingerprint density at radius 2 is 1.82 bits per heavy atom. The minimum absolute atomic E-state index is 0.0148. The van der Waals surface area contributed by atoms with Gasteiger partial charge in [-0.3, -0.25) is 9.59 Å². The molecule has 0 aliphatic carbocycles. The highest BCUT2D eigenvalue weighted by Gasteiger charge is 2.21. The van der Waals surface area contributed by atoms with Crippen molar-refractivity contribution in [3.63, 3.8) is 0 Å². The average Bonchev–Trinajstić information content (AvgIpc) is 3.60. The summed E-state index contributed by atoms with van der Waals surface area (Å²) in [5.74, 6) is -0.591.